The van der Waals surface area contributed by atoms with Crippen molar-refractivity contribution in [3.63, 3.8) is 0 Å². The summed E-state index contributed by atoms with van der Waals surface area (Å²) < 4.78 is 11.0. The van der Waals surface area contributed by atoms with Crippen LogP contribution in [0.5, 0.6) is 5.88 Å². The zero-order valence-electron chi connectivity index (χ0n) is 15.4. The lowest BCUT2D eigenvalue weighted by molar-refractivity contribution is -0.677. The van der Waals surface area contributed by atoms with E-state index >= 15 is 0 Å². The van der Waals surface area contributed by atoms with Crippen molar-refractivity contribution in [1.82, 2.24) is 18.9 Å². The standard InChI is InChI=1S/C19H20N5O2.ClH/c1-4-17-22(2)12-15-19(25)23(11-13-7-9-20-10-8-13)14-5-6-16(26-3)21-18(14)24(15)17;/h5-10,12H,4,11H2,1-3H3;1H/q+1;. The Balaban J connectivity index is 0.00000210. The van der Waals surface area contributed by atoms with Gasteiger partial charge in [-0.2, -0.15) is 9.38 Å². The maximum absolute atomic E-state index is 13.2. The number of methoxy groups -OCH3 is 1. The molecule has 7 nitrogen and oxygen atoms in total. The lowest BCUT2D eigenvalue weighted by Gasteiger charge is -2.10. The molecule has 0 aliphatic carbocycles. The van der Waals surface area contributed by atoms with Crippen LogP contribution in [0.1, 0.15) is 18.3 Å². The highest BCUT2D eigenvalue weighted by Gasteiger charge is 2.24. The SMILES string of the molecule is CCc1n2c(c[n+]1C)c(=O)n(Cc1ccncc1)c1ccc(OC)nc12.Cl. The minimum atomic E-state index is -0.0448. The Morgan fingerprint density at radius 1 is 1.15 bits per heavy atom. The maximum atomic E-state index is 13.2. The molecule has 0 radical (unpaired) electrons. The van der Waals surface area contributed by atoms with Crippen LogP contribution in [-0.4, -0.2) is 26.0 Å². The maximum Gasteiger partial charge on any atom is 0.303 e. The summed E-state index contributed by atoms with van der Waals surface area (Å²) in [5, 5.41) is 0. The number of nitrogens with zero attached hydrogens (tertiary/aromatic N) is 5. The number of pyridine rings is 2. The van der Waals surface area contributed by atoms with Crippen LogP contribution >= 0.6 is 12.4 Å². The highest BCUT2D eigenvalue weighted by molar-refractivity contribution is 5.85. The van der Waals surface area contributed by atoms with Crippen LogP contribution in [0.2, 0.25) is 0 Å². The second-order valence-corrected chi connectivity index (χ2v) is 6.17. The van der Waals surface area contributed by atoms with Crippen molar-refractivity contribution >= 4 is 29.1 Å². The van der Waals surface area contributed by atoms with E-state index in [-0.39, 0.29) is 18.0 Å². The van der Waals surface area contributed by atoms with Crippen LogP contribution in [0.15, 0.2) is 47.7 Å². The number of aromatic nitrogens is 5. The van der Waals surface area contributed by atoms with E-state index in [2.05, 4.69) is 16.9 Å². The van der Waals surface area contributed by atoms with Crippen LogP contribution < -0.4 is 14.9 Å². The fourth-order valence-corrected chi connectivity index (χ4v) is 3.40. The molecule has 0 bridgehead atoms. The fraction of sp³-hybridized carbons (Fsp3) is 0.263. The first kappa shape index (κ1) is 18.8. The predicted octanol–water partition coefficient (Wildman–Crippen LogP) is 1.91. The van der Waals surface area contributed by atoms with Crippen molar-refractivity contribution in [1.29, 1.82) is 0 Å². The Kier molecular flexibility index (Phi) is 5.14. The quantitative estimate of drug-likeness (QED) is 0.502. The summed E-state index contributed by atoms with van der Waals surface area (Å²) in [5.74, 6) is 1.53. The smallest absolute Gasteiger partial charge is 0.303 e. The number of fused-ring (bicyclic) bond motifs is 3. The molecular formula is C19H21ClN5O2+. The molecule has 4 aromatic heterocycles. The number of aryl methyl sites for hydroxylation is 2. The summed E-state index contributed by atoms with van der Waals surface area (Å²) in [6.07, 6.45) is 6.11. The first-order chi connectivity index (χ1) is 12.6. The summed E-state index contributed by atoms with van der Waals surface area (Å²) in [5.41, 5.74) is 3.05. The third-order valence-electron chi connectivity index (χ3n) is 4.63. The summed E-state index contributed by atoms with van der Waals surface area (Å²) >= 11 is 0. The van der Waals surface area contributed by atoms with Gasteiger partial charge in [0.05, 0.1) is 20.7 Å². The topological polar surface area (TPSA) is 65.3 Å². The number of ether oxygens (including phenoxy) is 1. The molecule has 4 aromatic rings. The van der Waals surface area contributed by atoms with Gasteiger partial charge in [-0.3, -0.25) is 14.3 Å². The second-order valence-electron chi connectivity index (χ2n) is 6.17. The zero-order chi connectivity index (χ0) is 18.3. The average Bonchev–Trinajstić information content (AvgIpc) is 3.02. The summed E-state index contributed by atoms with van der Waals surface area (Å²) in [7, 11) is 3.54. The monoisotopic (exact) mass is 386 g/mol. The van der Waals surface area contributed by atoms with Crippen LogP contribution in [0, 0.1) is 0 Å². The number of halogens is 1. The van der Waals surface area contributed by atoms with Crippen LogP contribution in [0.25, 0.3) is 16.7 Å². The van der Waals surface area contributed by atoms with Gasteiger partial charge in [0, 0.05) is 24.9 Å². The molecule has 0 aliphatic heterocycles. The van der Waals surface area contributed by atoms with E-state index in [1.807, 2.05) is 40.4 Å². The second kappa shape index (κ2) is 7.36. The number of imidazole rings is 1. The first-order valence-electron chi connectivity index (χ1n) is 8.50. The molecule has 8 heteroatoms. The minimum Gasteiger partial charge on any atom is -0.481 e. The van der Waals surface area contributed by atoms with Gasteiger partial charge in [-0.05, 0) is 23.8 Å². The Labute approximate surface area is 162 Å². The highest BCUT2D eigenvalue weighted by Crippen LogP contribution is 2.19. The van der Waals surface area contributed by atoms with Gasteiger partial charge in [0.1, 0.15) is 11.7 Å². The van der Waals surface area contributed by atoms with Gasteiger partial charge < -0.3 is 4.74 Å². The Morgan fingerprint density at radius 3 is 2.56 bits per heavy atom. The molecule has 0 saturated heterocycles. The largest absolute Gasteiger partial charge is 0.481 e. The van der Waals surface area contributed by atoms with Crippen LogP contribution in [0.4, 0.5) is 0 Å². The van der Waals surface area contributed by atoms with E-state index in [0.29, 0.717) is 23.6 Å². The van der Waals surface area contributed by atoms with Gasteiger partial charge in [0.25, 0.3) is 11.5 Å². The van der Waals surface area contributed by atoms with Crippen molar-refractivity contribution in [2.45, 2.75) is 19.9 Å². The lowest BCUT2D eigenvalue weighted by atomic mass is 10.2. The van der Waals surface area contributed by atoms with E-state index in [9.17, 15) is 4.79 Å². The van der Waals surface area contributed by atoms with Gasteiger partial charge in [0.2, 0.25) is 11.4 Å². The lowest BCUT2D eigenvalue weighted by Crippen LogP contribution is -2.30. The number of hydrogen-bond acceptors (Lipinski definition) is 4. The molecule has 4 heterocycles. The molecule has 0 atom stereocenters. The third kappa shape index (κ3) is 3.04. The number of rotatable bonds is 4. The van der Waals surface area contributed by atoms with Gasteiger partial charge in [-0.1, -0.05) is 6.92 Å². The van der Waals surface area contributed by atoms with E-state index in [4.69, 9.17) is 4.74 Å². The Morgan fingerprint density at radius 2 is 1.89 bits per heavy atom. The normalized spacial score (nSPS) is 10.9. The van der Waals surface area contributed by atoms with Crippen molar-refractivity contribution in [3.8, 4) is 5.88 Å². The Hall–Kier alpha value is -2.93. The number of hydrogen-bond donors (Lipinski definition) is 0. The van der Waals surface area contributed by atoms with E-state index in [1.165, 1.54) is 0 Å². The molecule has 27 heavy (non-hydrogen) atoms. The minimum absolute atomic E-state index is 0. The molecule has 0 aromatic carbocycles. The van der Waals surface area contributed by atoms with E-state index in [1.54, 1.807) is 30.1 Å². The average molecular weight is 387 g/mol. The van der Waals surface area contributed by atoms with E-state index < -0.39 is 0 Å². The van der Waals surface area contributed by atoms with E-state index in [0.717, 1.165) is 23.3 Å². The third-order valence-corrected chi connectivity index (χ3v) is 4.63. The summed E-state index contributed by atoms with van der Waals surface area (Å²) in [4.78, 5) is 21.9. The summed E-state index contributed by atoms with van der Waals surface area (Å²) in [6, 6.07) is 7.50. The van der Waals surface area contributed by atoms with Crippen molar-refractivity contribution < 1.29 is 9.30 Å². The molecule has 0 spiro atoms. The fourth-order valence-electron chi connectivity index (χ4n) is 3.40. The molecule has 0 fully saturated rings. The molecule has 0 saturated carbocycles. The molecule has 0 unspecified atom stereocenters. The molecule has 0 aliphatic rings. The molecule has 0 N–H and O–H groups in total. The predicted molar refractivity (Wildman–Crippen MR) is 105 cm³/mol. The van der Waals surface area contributed by atoms with Crippen molar-refractivity contribution in [2.24, 2.45) is 7.05 Å². The van der Waals surface area contributed by atoms with Gasteiger partial charge >= 0.3 is 5.56 Å². The molecule has 0 amide bonds. The van der Waals surface area contributed by atoms with Crippen LogP contribution in [0.3, 0.4) is 0 Å². The first-order valence-corrected chi connectivity index (χ1v) is 8.50. The van der Waals surface area contributed by atoms with Gasteiger partial charge in [0.15, 0.2) is 0 Å². The summed E-state index contributed by atoms with van der Waals surface area (Å²) in [6.45, 7) is 2.52. The Bertz CT molecular complexity index is 1170. The molecule has 140 valence electrons. The zero-order valence-corrected chi connectivity index (χ0v) is 16.2. The molecule has 4 rings (SSSR count). The van der Waals surface area contributed by atoms with Crippen molar-refractivity contribution in [2.75, 3.05) is 7.11 Å². The van der Waals surface area contributed by atoms with Gasteiger partial charge in [-0.15, -0.1) is 12.4 Å². The van der Waals surface area contributed by atoms with Crippen LogP contribution in [-0.2, 0) is 20.0 Å². The highest BCUT2D eigenvalue weighted by atomic mass is 35.5. The molecular weight excluding hydrogens is 366 g/mol. The van der Waals surface area contributed by atoms with Crippen molar-refractivity contribution in [3.05, 3.63) is 64.6 Å². The van der Waals surface area contributed by atoms with Gasteiger partial charge in [-0.25, -0.2) is 4.57 Å².